The first-order chi connectivity index (χ1) is 12.2. The molecule has 0 saturated carbocycles. The molecule has 0 fully saturated rings. The van der Waals surface area contributed by atoms with Gasteiger partial charge >= 0.3 is 0 Å². The second-order valence-corrected chi connectivity index (χ2v) is 6.39. The highest BCUT2D eigenvalue weighted by molar-refractivity contribution is 5.93. The van der Waals surface area contributed by atoms with E-state index in [9.17, 15) is 5.11 Å². The summed E-state index contributed by atoms with van der Waals surface area (Å²) in [6, 6.07) is 18.4. The molecule has 4 rings (SSSR count). The van der Waals surface area contributed by atoms with E-state index in [1.165, 1.54) is 11.1 Å². The number of fused-ring (bicyclic) bond motifs is 2. The number of pyridine rings is 1. The quantitative estimate of drug-likeness (QED) is 0.643. The van der Waals surface area contributed by atoms with E-state index in [4.69, 9.17) is 10.1 Å². The summed E-state index contributed by atoms with van der Waals surface area (Å²) in [5, 5.41) is 22.9. The molecule has 0 radical (unpaired) electrons. The smallest absolute Gasteiger partial charge is 0.131 e. The lowest BCUT2D eigenvalue weighted by Crippen LogP contribution is -2.23. The Morgan fingerprint density at radius 1 is 1.04 bits per heavy atom. The summed E-state index contributed by atoms with van der Waals surface area (Å²) in [6.07, 6.45) is -0.786. The van der Waals surface area contributed by atoms with Gasteiger partial charge in [0.25, 0.3) is 0 Å². The van der Waals surface area contributed by atoms with Crippen molar-refractivity contribution in [2.75, 3.05) is 23.4 Å². The van der Waals surface area contributed by atoms with Crippen molar-refractivity contribution in [1.29, 1.82) is 0 Å². The van der Waals surface area contributed by atoms with Gasteiger partial charge in [0, 0.05) is 36.8 Å². The lowest BCUT2D eigenvalue weighted by Gasteiger charge is -2.20. The summed E-state index contributed by atoms with van der Waals surface area (Å²) in [7, 11) is 0. The van der Waals surface area contributed by atoms with Crippen LogP contribution < -0.4 is 10.2 Å². The van der Waals surface area contributed by atoms with Crippen LogP contribution in [0.5, 0.6) is 0 Å². The average molecular weight is 372 g/mol. The normalized spacial score (nSPS) is 14.0. The van der Waals surface area contributed by atoms with E-state index in [1.807, 2.05) is 30.3 Å². The molecule has 3 aromatic rings. The Morgan fingerprint density at radius 2 is 1.69 bits per heavy atom. The minimum atomic E-state index is -0.786. The summed E-state index contributed by atoms with van der Waals surface area (Å²) in [5.74, 6) is 0.913. The Morgan fingerprint density at radius 3 is 2.38 bits per heavy atom. The number of hydrogen-bond donors (Lipinski definition) is 3. The van der Waals surface area contributed by atoms with Gasteiger partial charge in [-0.05, 0) is 17.2 Å². The zero-order valence-corrected chi connectivity index (χ0v) is 15.1. The monoisotopic (exact) mass is 371 g/mol. The molecule has 136 valence electrons. The highest BCUT2D eigenvalue weighted by atomic mass is 35.5. The van der Waals surface area contributed by atoms with Crippen LogP contribution in [0.3, 0.4) is 0 Å². The third-order valence-electron chi connectivity index (χ3n) is 4.61. The second-order valence-electron chi connectivity index (χ2n) is 6.39. The first-order valence-electron chi connectivity index (χ1n) is 8.49. The van der Waals surface area contributed by atoms with Crippen molar-refractivity contribution in [1.82, 2.24) is 4.98 Å². The maximum atomic E-state index is 9.65. The fraction of sp³-hybridized carbons (Fsp3) is 0.250. The van der Waals surface area contributed by atoms with E-state index in [2.05, 4.69) is 34.5 Å². The van der Waals surface area contributed by atoms with Gasteiger partial charge in [-0.25, -0.2) is 4.98 Å². The number of halogens is 1. The lowest BCUT2D eigenvalue weighted by atomic mass is 10.1. The van der Waals surface area contributed by atoms with Crippen LogP contribution in [0.2, 0.25) is 0 Å². The highest BCUT2D eigenvalue weighted by Gasteiger charge is 2.20. The van der Waals surface area contributed by atoms with Crippen molar-refractivity contribution in [3.63, 3.8) is 0 Å². The summed E-state index contributed by atoms with van der Waals surface area (Å²) in [5.41, 5.74) is 4.51. The molecule has 3 N–H and O–H groups in total. The summed E-state index contributed by atoms with van der Waals surface area (Å²) in [4.78, 5) is 7.08. The molecule has 0 saturated heterocycles. The zero-order valence-electron chi connectivity index (χ0n) is 14.3. The number of anilines is 2. The minimum absolute atomic E-state index is 0. The van der Waals surface area contributed by atoms with E-state index in [0.717, 1.165) is 35.5 Å². The van der Waals surface area contributed by atoms with Crippen LogP contribution in [0.4, 0.5) is 11.5 Å². The number of nitrogens with zero attached hydrogens (tertiary/aromatic N) is 2. The molecule has 0 bridgehead atoms. The van der Waals surface area contributed by atoms with E-state index in [1.54, 1.807) is 0 Å². The molecule has 0 amide bonds. The minimum Gasteiger partial charge on any atom is -0.394 e. The Kier molecular flexibility index (Phi) is 5.61. The Bertz CT molecular complexity index is 878. The van der Waals surface area contributed by atoms with Crippen LogP contribution >= 0.6 is 12.4 Å². The molecule has 6 heteroatoms. The Hall–Kier alpha value is -2.34. The maximum Gasteiger partial charge on any atom is 0.131 e. The molecule has 26 heavy (non-hydrogen) atoms. The predicted molar refractivity (Wildman–Crippen MR) is 107 cm³/mol. The van der Waals surface area contributed by atoms with Crippen molar-refractivity contribution in [3.05, 3.63) is 65.7 Å². The molecule has 2 heterocycles. The summed E-state index contributed by atoms with van der Waals surface area (Å²) in [6.45, 7) is 1.73. The zero-order chi connectivity index (χ0) is 17.2. The van der Waals surface area contributed by atoms with Gasteiger partial charge in [0.05, 0.1) is 18.2 Å². The Balaban J connectivity index is 0.00000196. The number of hydrogen-bond acceptors (Lipinski definition) is 5. The summed E-state index contributed by atoms with van der Waals surface area (Å²) >= 11 is 0. The van der Waals surface area contributed by atoms with Crippen molar-refractivity contribution in [2.24, 2.45) is 0 Å². The van der Waals surface area contributed by atoms with Crippen LogP contribution in [0, 0.1) is 0 Å². The number of para-hydroxylation sites is 1. The number of aromatic nitrogens is 1. The van der Waals surface area contributed by atoms with Gasteiger partial charge in [-0.15, -0.1) is 12.4 Å². The van der Waals surface area contributed by atoms with Crippen molar-refractivity contribution < 1.29 is 10.2 Å². The van der Waals surface area contributed by atoms with E-state index in [-0.39, 0.29) is 19.0 Å². The molecular weight excluding hydrogens is 350 g/mol. The van der Waals surface area contributed by atoms with E-state index >= 15 is 0 Å². The molecular formula is C20H22ClN3O2. The first kappa shape index (κ1) is 18.5. The number of rotatable bonds is 5. The molecule has 1 unspecified atom stereocenters. The number of benzene rings is 2. The van der Waals surface area contributed by atoms with Gasteiger partial charge in [0.2, 0.25) is 0 Å². The van der Waals surface area contributed by atoms with E-state index < -0.39 is 6.10 Å². The first-order valence-corrected chi connectivity index (χ1v) is 8.49. The topological polar surface area (TPSA) is 68.6 Å². The van der Waals surface area contributed by atoms with Crippen molar-refractivity contribution in [2.45, 2.75) is 19.2 Å². The van der Waals surface area contributed by atoms with Gasteiger partial charge in [-0.2, -0.15) is 0 Å². The Labute approximate surface area is 158 Å². The fourth-order valence-corrected chi connectivity index (χ4v) is 3.26. The maximum absolute atomic E-state index is 9.65. The van der Waals surface area contributed by atoms with Crippen molar-refractivity contribution in [3.8, 4) is 0 Å². The molecule has 1 atom stereocenters. The van der Waals surface area contributed by atoms with Crippen LogP contribution in [0.15, 0.2) is 54.6 Å². The van der Waals surface area contributed by atoms with Gasteiger partial charge in [-0.3, -0.25) is 0 Å². The fourth-order valence-electron chi connectivity index (χ4n) is 3.26. The van der Waals surface area contributed by atoms with Gasteiger partial charge < -0.3 is 20.4 Å². The average Bonchev–Trinajstić information content (AvgIpc) is 3.09. The molecule has 1 aliphatic rings. The number of aliphatic hydroxyl groups is 2. The van der Waals surface area contributed by atoms with Gasteiger partial charge in [-0.1, -0.05) is 42.5 Å². The molecule has 5 nitrogen and oxygen atoms in total. The van der Waals surface area contributed by atoms with Crippen LogP contribution in [-0.4, -0.2) is 34.5 Å². The molecule has 2 aromatic carbocycles. The van der Waals surface area contributed by atoms with E-state index in [0.29, 0.717) is 6.54 Å². The molecule has 1 aliphatic heterocycles. The molecule has 0 spiro atoms. The van der Waals surface area contributed by atoms with Crippen molar-refractivity contribution >= 4 is 34.8 Å². The summed E-state index contributed by atoms with van der Waals surface area (Å²) < 4.78 is 0. The van der Waals surface area contributed by atoms with Crippen LogP contribution in [0.1, 0.15) is 11.1 Å². The molecule has 0 aliphatic carbocycles. The lowest BCUT2D eigenvalue weighted by molar-refractivity contribution is 0.105. The van der Waals surface area contributed by atoms with Crippen LogP contribution in [-0.2, 0) is 13.1 Å². The number of nitrogens with one attached hydrogen (secondary N) is 1. The predicted octanol–water partition coefficient (Wildman–Crippen LogP) is 2.94. The third kappa shape index (κ3) is 3.60. The SMILES string of the molecule is Cl.OCC(O)CNc1cc(N2Cc3ccccc3C2)nc2ccccc12. The molecule has 1 aromatic heterocycles. The standard InChI is InChI=1S/C20H21N3O2.ClH/c24-13-16(25)10-21-19-9-20(22-18-8-4-3-7-17(18)19)23-11-14-5-1-2-6-15(14)12-23;/h1-9,16,24-25H,10-13H2,(H,21,22);1H. The number of aliphatic hydroxyl groups excluding tert-OH is 2. The third-order valence-corrected chi connectivity index (χ3v) is 4.61. The second kappa shape index (κ2) is 7.91. The van der Waals surface area contributed by atoms with Gasteiger partial charge in [0.1, 0.15) is 5.82 Å². The van der Waals surface area contributed by atoms with Crippen LogP contribution in [0.25, 0.3) is 10.9 Å². The van der Waals surface area contributed by atoms with Gasteiger partial charge in [0.15, 0.2) is 0 Å². The largest absolute Gasteiger partial charge is 0.394 e. The highest BCUT2D eigenvalue weighted by Crippen LogP contribution is 2.32.